The van der Waals surface area contributed by atoms with E-state index in [9.17, 15) is 18.8 Å². The van der Waals surface area contributed by atoms with Crippen molar-refractivity contribution in [3.8, 4) is 16.9 Å². The van der Waals surface area contributed by atoms with E-state index in [0.29, 0.717) is 11.3 Å². The molecule has 0 saturated carbocycles. The van der Waals surface area contributed by atoms with E-state index in [2.05, 4.69) is 0 Å². The molecule has 0 aliphatic carbocycles. The second kappa shape index (κ2) is 10.7. The summed E-state index contributed by atoms with van der Waals surface area (Å²) in [6.07, 6.45) is 1.58. The molecule has 0 unspecified atom stereocenters. The van der Waals surface area contributed by atoms with Gasteiger partial charge < -0.3 is 14.9 Å². The second-order valence-electron chi connectivity index (χ2n) is 7.71. The monoisotopic (exact) mass is 523 g/mol. The summed E-state index contributed by atoms with van der Waals surface area (Å²) in [4.78, 5) is 36.2. The number of carboxylic acid groups (broad SMARTS) is 2. The summed E-state index contributed by atoms with van der Waals surface area (Å²) < 4.78 is 19.5. The quantitative estimate of drug-likeness (QED) is 0.312. The van der Waals surface area contributed by atoms with Crippen LogP contribution < -0.4 is 4.74 Å². The standard InChI is InChI=1S/C26H18FNO6S2/c27-20-8-5-16(6-9-20)18-7-10-21(34-14-15-1-3-17(4-2-15)25(32)33)19(11-18)12-22-24(31)28(13-23(29)30)26(35)36-22/h1-12H,13-14H2,(H,29,30)(H,32,33). The van der Waals surface area contributed by atoms with Gasteiger partial charge in [-0.1, -0.05) is 54.3 Å². The van der Waals surface area contributed by atoms with Gasteiger partial charge in [-0.25, -0.2) is 9.18 Å². The summed E-state index contributed by atoms with van der Waals surface area (Å²) in [5, 5.41) is 18.1. The number of carboxylic acids is 2. The van der Waals surface area contributed by atoms with Crippen LogP contribution in [0.4, 0.5) is 4.39 Å². The smallest absolute Gasteiger partial charge is 0.335 e. The first-order valence-corrected chi connectivity index (χ1v) is 11.8. The molecule has 0 aromatic heterocycles. The molecular weight excluding hydrogens is 505 g/mol. The maximum absolute atomic E-state index is 13.4. The lowest BCUT2D eigenvalue weighted by molar-refractivity contribution is -0.140. The van der Waals surface area contributed by atoms with E-state index in [-0.39, 0.29) is 27.2 Å². The molecule has 1 aliphatic heterocycles. The van der Waals surface area contributed by atoms with Crippen LogP contribution in [0.1, 0.15) is 21.5 Å². The van der Waals surface area contributed by atoms with Gasteiger partial charge in [0.05, 0.1) is 10.5 Å². The van der Waals surface area contributed by atoms with E-state index in [1.807, 2.05) is 0 Å². The first kappa shape index (κ1) is 25.1. The van der Waals surface area contributed by atoms with Crippen LogP contribution in [0.2, 0.25) is 0 Å². The van der Waals surface area contributed by atoms with Gasteiger partial charge in [0, 0.05) is 5.56 Å². The zero-order chi connectivity index (χ0) is 25.8. The van der Waals surface area contributed by atoms with Crippen molar-refractivity contribution in [3.63, 3.8) is 0 Å². The maximum atomic E-state index is 13.4. The summed E-state index contributed by atoms with van der Waals surface area (Å²) in [5.74, 6) is -2.65. The number of halogens is 1. The number of carbonyl (C=O) groups is 3. The first-order chi connectivity index (χ1) is 17.2. The molecule has 0 radical (unpaired) electrons. The van der Waals surface area contributed by atoms with Crippen LogP contribution in [-0.4, -0.2) is 43.8 Å². The van der Waals surface area contributed by atoms with Crippen LogP contribution in [-0.2, 0) is 16.2 Å². The van der Waals surface area contributed by atoms with Crippen molar-refractivity contribution in [2.24, 2.45) is 0 Å². The van der Waals surface area contributed by atoms with Crippen molar-refractivity contribution in [3.05, 3.63) is 94.1 Å². The highest BCUT2D eigenvalue weighted by Gasteiger charge is 2.33. The van der Waals surface area contributed by atoms with Gasteiger partial charge in [-0.15, -0.1) is 0 Å². The number of nitrogens with zero attached hydrogens (tertiary/aromatic N) is 1. The van der Waals surface area contributed by atoms with E-state index in [1.165, 1.54) is 24.3 Å². The molecule has 0 bridgehead atoms. The highest BCUT2D eigenvalue weighted by Crippen LogP contribution is 2.36. The van der Waals surface area contributed by atoms with Crippen LogP contribution in [0.5, 0.6) is 5.75 Å². The Balaban J connectivity index is 1.66. The fourth-order valence-corrected chi connectivity index (χ4v) is 4.68. The Labute approximate surface area is 214 Å². The number of ether oxygens (including phenoxy) is 1. The molecule has 2 N–H and O–H groups in total. The molecule has 10 heteroatoms. The topological polar surface area (TPSA) is 104 Å². The molecule has 1 saturated heterocycles. The molecular formula is C26H18FNO6S2. The summed E-state index contributed by atoms with van der Waals surface area (Å²) in [6, 6.07) is 17.5. The van der Waals surface area contributed by atoms with E-state index >= 15 is 0 Å². The van der Waals surface area contributed by atoms with Crippen molar-refractivity contribution in [2.45, 2.75) is 6.61 Å². The zero-order valence-electron chi connectivity index (χ0n) is 18.5. The number of benzene rings is 3. The van der Waals surface area contributed by atoms with Crippen LogP contribution in [0.15, 0.2) is 71.6 Å². The van der Waals surface area contributed by atoms with Crippen molar-refractivity contribution in [1.29, 1.82) is 0 Å². The molecule has 3 aromatic rings. The van der Waals surface area contributed by atoms with Gasteiger partial charge in [-0.05, 0) is 59.2 Å². The molecule has 4 rings (SSSR count). The minimum absolute atomic E-state index is 0.136. The number of hydrogen-bond acceptors (Lipinski definition) is 6. The molecule has 1 amide bonds. The molecule has 36 heavy (non-hydrogen) atoms. The van der Waals surface area contributed by atoms with Crippen molar-refractivity contribution in [1.82, 2.24) is 4.90 Å². The van der Waals surface area contributed by atoms with Crippen molar-refractivity contribution in [2.75, 3.05) is 6.54 Å². The fraction of sp³-hybridized carbons (Fsp3) is 0.0769. The number of aliphatic carboxylic acids is 1. The lowest BCUT2D eigenvalue weighted by Crippen LogP contribution is -2.33. The highest BCUT2D eigenvalue weighted by molar-refractivity contribution is 8.26. The lowest BCUT2D eigenvalue weighted by Gasteiger charge is -2.13. The van der Waals surface area contributed by atoms with Gasteiger partial charge in [-0.2, -0.15) is 0 Å². The number of thioether (sulfide) groups is 1. The molecule has 0 spiro atoms. The van der Waals surface area contributed by atoms with Crippen molar-refractivity contribution >= 4 is 52.2 Å². The van der Waals surface area contributed by atoms with Crippen LogP contribution in [0.3, 0.4) is 0 Å². The Morgan fingerprint density at radius 3 is 2.31 bits per heavy atom. The van der Waals surface area contributed by atoms with Gasteiger partial charge in [0.1, 0.15) is 29.0 Å². The average Bonchev–Trinajstić information content (AvgIpc) is 3.11. The molecule has 182 valence electrons. The summed E-state index contributed by atoms with van der Waals surface area (Å²) in [5.41, 5.74) is 2.93. The number of hydrogen-bond donors (Lipinski definition) is 2. The maximum Gasteiger partial charge on any atom is 0.335 e. The van der Waals surface area contributed by atoms with Crippen LogP contribution in [0.25, 0.3) is 17.2 Å². The highest BCUT2D eigenvalue weighted by atomic mass is 32.2. The summed E-state index contributed by atoms with van der Waals surface area (Å²) in [7, 11) is 0. The SMILES string of the molecule is O=C(O)CN1C(=O)C(=Cc2cc(-c3ccc(F)cc3)ccc2OCc2ccc(C(=O)O)cc2)SC1=S. The summed E-state index contributed by atoms with van der Waals surface area (Å²) >= 11 is 6.17. The van der Waals surface area contributed by atoms with E-state index in [1.54, 1.807) is 48.5 Å². The fourth-order valence-electron chi connectivity index (χ4n) is 3.43. The van der Waals surface area contributed by atoms with Crippen molar-refractivity contribution < 1.29 is 33.7 Å². The van der Waals surface area contributed by atoms with Crippen LogP contribution >= 0.6 is 24.0 Å². The number of amides is 1. The second-order valence-corrected chi connectivity index (χ2v) is 9.39. The van der Waals surface area contributed by atoms with E-state index < -0.39 is 24.4 Å². The predicted octanol–water partition coefficient (Wildman–Crippen LogP) is 5.06. The molecule has 1 aliphatic rings. The largest absolute Gasteiger partial charge is 0.488 e. The molecule has 1 fully saturated rings. The number of aromatic carboxylic acids is 1. The Morgan fingerprint density at radius 2 is 1.67 bits per heavy atom. The van der Waals surface area contributed by atoms with E-state index in [0.717, 1.165) is 33.4 Å². The van der Waals surface area contributed by atoms with Gasteiger partial charge in [-0.3, -0.25) is 14.5 Å². The first-order valence-electron chi connectivity index (χ1n) is 10.5. The van der Waals surface area contributed by atoms with E-state index in [4.69, 9.17) is 27.2 Å². The molecule has 3 aromatic carbocycles. The Kier molecular flexibility index (Phi) is 7.47. The Morgan fingerprint density at radius 1 is 1.00 bits per heavy atom. The lowest BCUT2D eigenvalue weighted by atomic mass is 10.0. The van der Waals surface area contributed by atoms with Gasteiger partial charge in [0.25, 0.3) is 5.91 Å². The Bertz CT molecular complexity index is 1390. The third-order valence-electron chi connectivity index (χ3n) is 5.24. The minimum Gasteiger partial charge on any atom is -0.488 e. The third kappa shape index (κ3) is 5.78. The number of rotatable bonds is 8. The number of carbonyl (C=O) groups excluding carboxylic acids is 1. The number of thiocarbonyl (C=S) groups is 1. The predicted molar refractivity (Wildman–Crippen MR) is 137 cm³/mol. The zero-order valence-corrected chi connectivity index (χ0v) is 20.1. The Hall–Kier alpha value is -4.02. The molecule has 0 atom stereocenters. The van der Waals surface area contributed by atoms with Crippen LogP contribution in [0, 0.1) is 5.82 Å². The average molecular weight is 524 g/mol. The third-order valence-corrected chi connectivity index (χ3v) is 6.61. The molecule has 7 nitrogen and oxygen atoms in total. The van der Waals surface area contributed by atoms with Gasteiger partial charge >= 0.3 is 11.9 Å². The molecule has 1 heterocycles. The minimum atomic E-state index is -1.18. The van der Waals surface area contributed by atoms with Gasteiger partial charge in [0.2, 0.25) is 0 Å². The summed E-state index contributed by atoms with van der Waals surface area (Å²) in [6.45, 7) is -0.399. The van der Waals surface area contributed by atoms with Gasteiger partial charge in [0.15, 0.2) is 0 Å². The normalized spacial score (nSPS) is 14.4.